The molecule has 0 radical (unpaired) electrons. The van der Waals surface area contributed by atoms with E-state index in [1.54, 1.807) is 6.07 Å². The second-order valence-electron chi connectivity index (χ2n) is 3.77. The van der Waals surface area contributed by atoms with Gasteiger partial charge in [0.15, 0.2) is 5.78 Å². The normalized spacial score (nSPS) is 10.4. The summed E-state index contributed by atoms with van der Waals surface area (Å²) in [6.07, 6.45) is 6.91. The van der Waals surface area contributed by atoms with Crippen molar-refractivity contribution in [2.24, 2.45) is 0 Å². The molecule has 3 heteroatoms. The van der Waals surface area contributed by atoms with Crippen molar-refractivity contribution in [3.05, 3.63) is 35.0 Å². The molecule has 86 valence electrons. The molecule has 0 bridgehead atoms. The van der Waals surface area contributed by atoms with E-state index in [-0.39, 0.29) is 11.6 Å². The maximum Gasteiger partial charge on any atom is 0.172 e. The Balaban J connectivity index is 2.19. The number of unbranched alkanes of at least 4 members (excludes halogenated alkanes) is 1. The number of thiophene rings is 1. The van der Waals surface area contributed by atoms with E-state index in [9.17, 15) is 9.18 Å². The molecule has 1 nitrogen and oxygen atoms in total. The second kappa shape index (κ2) is 5.11. The summed E-state index contributed by atoms with van der Waals surface area (Å²) in [5.74, 6) is 2.32. The summed E-state index contributed by atoms with van der Waals surface area (Å²) in [4.78, 5) is 12.5. The van der Waals surface area contributed by atoms with Gasteiger partial charge >= 0.3 is 0 Å². The van der Waals surface area contributed by atoms with E-state index in [0.717, 1.165) is 10.1 Å². The standard InChI is InChI=1S/C14H11FOS/c1-2-3-4-5-12(16)14-8-10-6-7-11(15)9-13(10)17-14/h1,6-9H,3-5H2. The number of rotatable bonds is 4. The summed E-state index contributed by atoms with van der Waals surface area (Å²) >= 11 is 1.34. The molecule has 0 unspecified atom stereocenters. The predicted octanol–water partition coefficient (Wildman–Crippen LogP) is 4.03. The van der Waals surface area contributed by atoms with Crippen LogP contribution < -0.4 is 0 Å². The number of hydrogen-bond donors (Lipinski definition) is 0. The zero-order valence-electron chi connectivity index (χ0n) is 9.20. The summed E-state index contributed by atoms with van der Waals surface area (Å²) in [5.41, 5.74) is 0. The van der Waals surface area contributed by atoms with E-state index < -0.39 is 0 Å². The van der Waals surface area contributed by atoms with Gasteiger partial charge in [0.05, 0.1) is 4.88 Å². The largest absolute Gasteiger partial charge is 0.293 e. The lowest BCUT2D eigenvalue weighted by atomic mass is 10.1. The van der Waals surface area contributed by atoms with Gasteiger partial charge in [0.1, 0.15) is 5.82 Å². The Labute approximate surface area is 103 Å². The molecule has 1 heterocycles. The van der Waals surface area contributed by atoms with E-state index in [0.29, 0.717) is 24.1 Å². The summed E-state index contributed by atoms with van der Waals surface area (Å²) in [6.45, 7) is 0. The van der Waals surface area contributed by atoms with E-state index in [1.807, 2.05) is 6.07 Å². The minimum atomic E-state index is -0.273. The number of fused-ring (bicyclic) bond motifs is 1. The highest BCUT2D eigenvalue weighted by atomic mass is 32.1. The van der Waals surface area contributed by atoms with Gasteiger partial charge < -0.3 is 0 Å². The van der Waals surface area contributed by atoms with E-state index in [1.165, 1.54) is 23.5 Å². The van der Waals surface area contributed by atoms with Crippen molar-refractivity contribution in [1.82, 2.24) is 0 Å². The smallest absolute Gasteiger partial charge is 0.172 e. The first kappa shape index (κ1) is 11.8. The first-order chi connectivity index (χ1) is 8.20. The van der Waals surface area contributed by atoms with Crippen molar-refractivity contribution in [2.45, 2.75) is 19.3 Å². The Kier molecular flexibility index (Phi) is 3.55. The molecule has 0 aliphatic carbocycles. The number of halogens is 1. The zero-order chi connectivity index (χ0) is 12.3. The van der Waals surface area contributed by atoms with Gasteiger partial charge in [-0.15, -0.1) is 23.7 Å². The third kappa shape index (κ3) is 2.72. The highest BCUT2D eigenvalue weighted by molar-refractivity contribution is 7.20. The van der Waals surface area contributed by atoms with Crippen molar-refractivity contribution in [3.8, 4) is 12.3 Å². The Morgan fingerprint density at radius 3 is 3.00 bits per heavy atom. The van der Waals surface area contributed by atoms with E-state index in [2.05, 4.69) is 5.92 Å². The summed E-state index contributed by atoms with van der Waals surface area (Å²) in [7, 11) is 0. The third-order valence-corrected chi connectivity index (χ3v) is 3.62. The molecule has 1 aromatic carbocycles. The molecule has 0 saturated carbocycles. The van der Waals surface area contributed by atoms with Crippen molar-refractivity contribution < 1.29 is 9.18 Å². The van der Waals surface area contributed by atoms with Gasteiger partial charge in [-0.1, -0.05) is 6.07 Å². The maximum atomic E-state index is 13.0. The van der Waals surface area contributed by atoms with Crippen LogP contribution in [0.4, 0.5) is 4.39 Å². The number of terminal acetylenes is 1. The fraction of sp³-hybridized carbons (Fsp3) is 0.214. The maximum absolute atomic E-state index is 13.0. The highest BCUT2D eigenvalue weighted by Crippen LogP contribution is 2.27. The van der Waals surface area contributed by atoms with Crippen molar-refractivity contribution in [1.29, 1.82) is 0 Å². The monoisotopic (exact) mass is 246 g/mol. The van der Waals surface area contributed by atoms with Gasteiger partial charge in [-0.05, 0) is 30.0 Å². The number of ketones is 1. The average molecular weight is 246 g/mol. The lowest BCUT2D eigenvalue weighted by Crippen LogP contribution is -1.94. The zero-order valence-corrected chi connectivity index (χ0v) is 10.0. The van der Waals surface area contributed by atoms with Crippen LogP contribution in [-0.2, 0) is 0 Å². The van der Waals surface area contributed by atoms with Crippen LogP contribution in [0.3, 0.4) is 0 Å². The number of carbonyl (C=O) groups is 1. The Morgan fingerprint density at radius 2 is 2.24 bits per heavy atom. The Morgan fingerprint density at radius 1 is 1.41 bits per heavy atom. The lowest BCUT2D eigenvalue weighted by molar-refractivity contribution is 0.0984. The van der Waals surface area contributed by atoms with E-state index in [4.69, 9.17) is 6.42 Å². The minimum Gasteiger partial charge on any atom is -0.293 e. The molecule has 0 atom stereocenters. The van der Waals surface area contributed by atoms with Gasteiger partial charge in [0.25, 0.3) is 0 Å². The molecule has 0 aliphatic rings. The van der Waals surface area contributed by atoms with Crippen molar-refractivity contribution in [3.63, 3.8) is 0 Å². The number of Topliss-reactive ketones (excluding diaryl/α,β-unsaturated/α-hetero) is 1. The van der Waals surface area contributed by atoms with Crippen LogP contribution in [-0.4, -0.2) is 5.78 Å². The summed E-state index contributed by atoms with van der Waals surface area (Å²) < 4.78 is 13.8. The fourth-order valence-corrected chi connectivity index (χ4v) is 2.67. The summed E-state index contributed by atoms with van der Waals surface area (Å²) in [6, 6.07) is 6.37. The van der Waals surface area contributed by atoms with Gasteiger partial charge in [-0.25, -0.2) is 4.39 Å². The van der Waals surface area contributed by atoms with Gasteiger partial charge in [-0.3, -0.25) is 4.79 Å². The number of benzene rings is 1. The Hall–Kier alpha value is -1.66. The summed E-state index contributed by atoms with van der Waals surface area (Å²) in [5, 5.41) is 0.914. The molecule has 2 aromatic rings. The molecule has 0 aliphatic heterocycles. The molecule has 0 saturated heterocycles. The fourth-order valence-electron chi connectivity index (χ4n) is 1.62. The van der Waals surface area contributed by atoms with Crippen LogP contribution in [0.25, 0.3) is 10.1 Å². The van der Waals surface area contributed by atoms with Crippen LogP contribution >= 0.6 is 11.3 Å². The number of hydrogen-bond acceptors (Lipinski definition) is 2. The lowest BCUT2D eigenvalue weighted by Gasteiger charge is -1.93. The number of carbonyl (C=O) groups excluding carboxylic acids is 1. The molecular formula is C14H11FOS. The molecule has 17 heavy (non-hydrogen) atoms. The molecular weight excluding hydrogens is 235 g/mol. The molecule has 0 amide bonds. The predicted molar refractivity (Wildman–Crippen MR) is 68.8 cm³/mol. The molecule has 0 N–H and O–H groups in total. The highest BCUT2D eigenvalue weighted by Gasteiger charge is 2.10. The first-order valence-electron chi connectivity index (χ1n) is 5.36. The molecule has 0 spiro atoms. The van der Waals surface area contributed by atoms with Gasteiger partial charge in [0, 0.05) is 17.5 Å². The van der Waals surface area contributed by atoms with Crippen molar-refractivity contribution >= 4 is 27.2 Å². The van der Waals surface area contributed by atoms with Crippen LogP contribution in [0.2, 0.25) is 0 Å². The van der Waals surface area contributed by atoms with Gasteiger partial charge in [-0.2, -0.15) is 0 Å². The molecule has 2 rings (SSSR count). The second-order valence-corrected chi connectivity index (χ2v) is 4.86. The SMILES string of the molecule is C#CCCCC(=O)c1cc2ccc(F)cc2s1. The van der Waals surface area contributed by atoms with Crippen LogP contribution in [0.1, 0.15) is 28.9 Å². The van der Waals surface area contributed by atoms with Crippen LogP contribution in [0.15, 0.2) is 24.3 Å². The van der Waals surface area contributed by atoms with Crippen molar-refractivity contribution in [2.75, 3.05) is 0 Å². The quantitative estimate of drug-likeness (QED) is 0.452. The minimum absolute atomic E-state index is 0.0851. The average Bonchev–Trinajstić information content (AvgIpc) is 2.72. The topological polar surface area (TPSA) is 17.1 Å². The Bertz CT molecular complexity index is 592. The van der Waals surface area contributed by atoms with Gasteiger partial charge in [0.2, 0.25) is 0 Å². The van der Waals surface area contributed by atoms with Crippen LogP contribution in [0.5, 0.6) is 0 Å². The first-order valence-corrected chi connectivity index (χ1v) is 6.18. The third-order valence-electron chi connectivity index (χ3n) is 2.48. The molecule has 0 fully saturated rings. The van der Waals surface area contributed by atoms with Crippen LogP contribution in [0, 0.1) is 18.2 Å². The van der Waals surface area contributed by atoms with E-state index >= 15 is 0 Å². The molecule has 1 aromatic heterocycles.